The summed E-state index contributed by atoms with van der Waals surface area (Å²) >= 11 is 0. The van der Waals surface area contributed by atoms with Crippen molar-refractivity contribution in [2.75, 3.05) is 19.7 Å². The first-order chi connectivity index (χ1) is 6.86. The highest BCUT2D eigenvalue weighted by Gasteiger charge is 2.16. The summed E-state index contributed by atoms with van der Waals surface area (Å²) in [4.78, 5) is 4.08. The van der Waals surface area contributed by atoms with Crippen LogP contribution in [-0.4, -0.2) is 35.4 Å². The first kappa shape index (κ1) is 9.68. The third kappa shape index (κ3) is 2.33. The lowest BCUT2D eigenvalue weighted by atomic mass is 10.2. The highest BCUT2D eigenvalue weighted by atomic mass is 16.5. The molecule has 2 heterocycles. The second-order valence-electron chi connectivity index (χ2n) is 3.75. The average Bonchev–Trinajstić information content (AvgIpc) is 2.48. The molecule has 78 valence electrons. The van der Waals surface area contributed by atoms with Crippen molar-refractivity contribution in [3.05, 3.63) is 18.2 Å². The van der Waals surface area contributed by atoms with Gasteiger partial charge in [0.2, 0.25) is 0 Å². The summed E-state index contributed by atoms with van der Waals surface area (Å²) in [7, 11) is 2.03. The van der Waals surface area contributed by atoms with E-state index in [0.29, 0.717) is 6.10 Å². The van der Waals surface area contributed by atoms with Gasteiger partial charge < -0.3 is 14.6 Å². The van der Waals surface area contributed by atoms with E-state index in [2.05, 4.69) is 14.9 Å². The minimum absolute atomic E-state index is 0.460. The van der Waals surface area contributed by atoms with Gasteiger partial charge >= 0.3 is 0 Å². The fourth-order valence-electron chi connectivity index (χ4n) is 1.51. The smallest absolute Gasteiger partial charge is 0.0945 e. The fourth-order valence-corrected chi connectivity index (χ4v) is 1.51. The molecule has 0 amide bonds. The van der Waals surface area contributed by atoms with Crippen LogP contribution in [0.2, 0.25) is 0 Å². The van der Waals surface area contributed by atoms with Crippen LogP contribution in [0.15, 0.2) is 12.5 Å². The molecule has 1 aromatic heterocycles. The molecular weight excluding hydrogens is 178 g/mol. The van der Waals surface area contributed by atoms with Gasteiger partial charge in [0.05, 0.1) is 12.4 Å². The molecule has 1 saturated heterocycles. The lowest BCUT2D eigenvalue weighted by Gasteiger charge is -2.27. The molecule has 14 heavy (non-hydrogen) atoms. The Morgan fingerprint density at radius 1 is 1.64 bits per heavy atom. The van der Waals surface area contributed by atoms with Gasteiger partial charge in [-0.1, -0.05) is 0 Å². The average molecular weight is 195 g/mol. The van der Waals surface area contributed by atoms with Crippen LogP contribution in [0.3, 0.4) is 0 Å². The van der Waals surface area contributed by atoms with E-state index in [1.54, 1.807) is 0 Å². The molecule has 0 radical (unpaired) electrons. The summed E-state index contributed by atoms with van der Waals surface area (Å²) < 4.78 is 7.68. The van der Waals surface area contributed by atoms with Crippen molar-refractivity contribution in [1.29, 1.82) is 0 Å². The third-order valence-electron chi connectivity index (χ3n) is 2.59. The van der Waals surface area contributed by atoms with Gasteiger partial charge in [-0.25, -0.2) is 4.98 Å². The number of aromatic nitrogens is 2. The lowest BCUT2D eigenvalue weighted by molar-refractivity contribution is 0.0178. The second-order valence-corrected chi connectivity index (χ2v) is 3.75. The van der Waals surface area contributed by atoms with Crippen LogP contribution >= 0.6 is 0 Å². The van der Waals surface area contributed by atoms with Crippen molar-refractivity contribution in [2.45, 2.75) is 18.9 Å². The van der Waals surface area contributed by atoms with Gasteiger partial charge in [0.25, 0.3) is 0 Å². The summed E-state index contributed by atoms with van der Waals surface area (Å²) in [6.45, 7) is 2.90. The van der Waals surface area contributed by atoms with E-state index >= 15 is 0 Å². The van der Waals surface area contributed by atoms with Crippen LogP contribution in [0, 0.1) is 0 Å². The van der Waals surface area contributed by atoms with E-state index in [1.165, 1.54) is 5.69 Å². The minimum atomic E-state index is 0.460. The highest BCUT2D eigenvalue weighted by Crippen LogP contribution is 2.03. The summed E-state index contributed by atoms with van der Waals surface area (Å²) in [6.07, 6.45) is 6.35. The maximum Gasteiger partial charge on any atom is 0.0945 e. The molecule has 4 nitrogen and oxygen atoms in total. The standard InChI is InChI=1S/C10H17N3O/c1-13-8-12-5-9(13)3-2-4-14-10-6-11-7-10/h5,8,10-11H,2-4,6-7H2,1H3. The SMILES string of the molecule is Cn1cncc1CCCOC1CNC1. The van der Waals surface area contributed by atoms with Crippen molar-refractivity contribution >= 4 is 0 Å². The zero-order chi connectivity index (χ0) is 9.80. The normalized spacial score (nSPS) is 16.9. The predicted molar refractivity (Wildman–Crippen MR) is 54.1 cm³/mol. The molecular formula is C10H17N3O. The first-order valence-corrected chi connectivity index (χ1v) is 5.14. The van der Waals surface area contributed by atoms with Gasteiger partial charge in [0.1, 0.15) is 0 Å². The van der Waals surface area contributed by atoms with E-state index in [-0.39, 0.29) is 0 Å². The highest BCUT2D eigenvalue weighted by molar-refractivity contribution is 4.97. The monoisotopic (exact) mass is 195 g/mol. The van der Waals surface area contributed by atoms with Gasteiger partial charge in [-0.15, -0.1) is 0 Å². The van der Waals surface area contributed by atoms with Crippen molar-refractivity contribution in [3.8, 4) is 0 Å². The van der Waals surface area contributed by atoms with E-state index in [0.717, 1.165) is 32.5 Å². The molecule has 1 N–H and O–H groups in total. The van der Waals surface area contributed by atoms with Crippen molar-refractivity contribution in [3.63, 3.8) is 0 Å². The Morgan fingerprint density at radius 3 is 3.07 bits per heavy atom. The quantitative estimate of drug-likeness (QED) is 0.689. The molecule has 0 aromatic carbocycles. The molecule has 1 aromatic rings. The summed E-state index contributed by atoms with van der Waals surface area (Å²) in [6, 6.07) is 0. The molecule has 0 unspecified atom stereocenters. The molecule has 1 fully saturated rings. The number of aryl methyl sites for hydroxylation is 2. The largest absolute Gasteiger partial charge is 0.376 e. The van der Waals surface area contributed by atoms with Crippen molar-refractivity contribution in [2.24, 2.45) is 7.05 Å². The van der Waals surface area contributed by atoms with E-state index in [4.69, 9.17) is 4.74 Å². The summed E-state index contributed by atoms with van der Waals surface area (Å²) in [5.74, 6) is 0. The predicted octanol–water partition coefficient (Wildman–Crippen LogP) is 0.341. The Hall–Kier alpha value is -0.870. The van der Waals surface area contributed by atoms with Crippen LogP contribution in [-0.2, 0) is 18.2 Å². The van der Waals surface area contributed by atoms with Gasteiger partial charge in [0, 0.05) is 38.6 Å². The first-order valence-electron chi connectivity index (χ1n) is 5.14. The number of imidazole rings is 1. The molecule has 1 aliphatic rings. The fraction of sp³-hybridized carbons (Fsp3) is 0.700. The summed E-state index contributed by atoms with van der Waals surface area (Å²) in [5.41, 5.74) is 1.28. The number of nitrogens with one attached hydrogen (secondary N) is 1. The molecule has 1 aliphatic heterocycles. The molecule has 0 bridgehead atoms. The Labute approximate surface area is 84.3 Å². The number of hydrogen-bond donors (Lipinski definition) is 1. The maximum atomic E-state index is 5.62. The summed E-state index contributed by atoms with van der Waals surface area (Å²) in [5, 5.41) is 3.19. The Kier molecular flexibility index (Phi) is 3.16. The zero-order valence-electron chi connectivity index (χ0n) is 8.57. The molecule has 0 spiro atoms. The third-order valence-corrected chi connectivity index (χ3v) is 2.59. The van der Waals surface area contributed by atoms with E-state index < -0.39 is 0 Å². The van der Waals surface area contributed by atoms with Crippen LogP contribution in [0.25, 0.3) is 0 Å². The maximum absolute atomic E-state index is 5.62. The number of ether oxygens (including phenoxy) is 1. The van der Waals surface area contributed by atoms with Crippen LogP contribution in [0.1, 0.15) is 12.1 Å². The molecule has 4 heteroatoms. The second kappa shape index (κ2) is 4.57. The Balaban J connectivity index is 1.60. The van der Waals surface area contributed by atoms with E-state index in [9.17, 15) is 0 Å². The molecule has 0 atom stereocenters. The topological polar surface area (TPSA) is 39.1 Å². The zero-order valence-corrected chi connectivity index (χ0v) is 8.57. The van der Waals surface area contributed by atoms with Gasteiger partial charge in [0.15, 0.2) is 0 Å². The van der Waals surface area contributed by atoms with Gasteiger partial charge in [-0.3, -0.25) is 0 Å². The number of rotatable bonds is 5. The van der Waals surface area contributed by atoms with Gasteiger partial charge in [-0.05, 0) is 12.8 Å². The molecule has 2 rings (SSSR count). The Bertz CT molecular complexity index is 281. The van der Waals surface area contributed by atoms with E-state index in [1.807, 2.05) is 19.6 Å². The van der Waals surface area contributed by atoms with Crippen molar-refractivity contribution < 1.29 is 4.74 Å². The Morgan fingerprint density at radius 2 is 2.50 bits per heavy atom. The van der Waals surface area contributed by atoms with Gasteiger partial charge in [-0.2, -0.15) is 0 Å². The lowest BCUT2D eigenvalue weighted by Crippen LogP contribution is -2.48. The van der Waals surface area contributed by atoms with Crippen LogP contribution in [0.4, 0.5) is 0 Å². The van der Waals surface area contributed by atoms with Crippen molar-refractivity contribution in [1.82, 2.24) is 14.9 Å². The number of hydrogen-bond acceptors (Lipinski definition) is 3. The minimum Gasteiger partial charge on any atom is -0.376 e. The van der Waals surface area contributed by atoms with Crippen LogP contribution < -0.4 is 5.32 Å². The number of nitrogens with zero attached hydrogens (tertiary/aromatic N) is 2. The molecule has 0 aliphatic carbocycles. The molecule has 0 saturated carbocycles. The van der Waals surface area contributed by atoms with Crippen LogP contribution in [0.5, 0.6) is 0 Å².